The molecule has 276 valence electrons. The Balaban J connectivity index is 0. The maximum absolute atomic E-state index is 6.40. The molecule has 0 saturated heterocycles. The highest BCUT2D eigenvalue weighted by Gasteiger charge is 2.32. The van der Waals surface area contributed by atoms with Gasteiger partial charge in [0.2, 0.25) is 5.79 Å². The predicted molar refractivity (Wildman–Crippen MR) is 202 cm³/mol. The molecule has 0 atom stereocenters. The standard InChI is InChI=1S/C42H84NO2.ClH/c1-7-9-11-13-15-17-19-21-23-25-27-29-31-33-35-37-39-44-42(3,41-43(4,5)6)45-40-38-36-34-32-30-28-26-24-22-20-18-16-14-12-10-8-2;/h21-24H,7-20,25-41H2,1-6H3;1H/q+1;/p-1/b23-21-,24-22-;. The minimum Gasteiger partial charge on any atom is -1.00 e. The van der Waals surface area contributed by atoms with Gasteiger partial charge < -0.3 is 26.4 Å². The monoisotopic (exact) mass is 670 g/mol. The van der Waals surface area contributed by atoms with Crippen LogP contribution in [-0.4, -0.2) is 51.2 Å². The first kappa shape index (κ1) is 47.8. The van der Waals surface area contributed by atoms with E-state index in [9.17, 15) is 0 Å². The van der Waals surface area contributed by atoms with Crippen molar-refractivity contribution < 1.29 is 26.4 Å². The van der Waals surface area contributed by atoms with Gasteiger partial charge in [-0.1, -0.05) is 154 Å². The molecule has 0 saturated carbocycles. The molecule has 0 unspecified atom stereocenters. The van der Waals surface area contributed by atoms with Crippen LogP contribution in [0.25, 0.3) is 0 Å². The zero-order valence-electron chi connectivity index (χ0n) is 32.4. The van der Waals surface area contributed by atoms with Gasteiger partial charge >= 0.3 is 0 Å². The highest BCUT2D eigenvalue weighted by molar-refractivity contribution is 4.82. The average Bonchev–Trinajstić information content (AvgIpc) is 2.99. The zero-order chi connectivity index (χ0) is 33.2. The van der Waals surface area contributed by atoms with Crippen molar-refractivity contribution >= 4 is 0 Å². The van der Waals surface area contributed by atoms with Gasteiger partial charge in [-0.3, -0.25) is 0 Å². The third kappa shape index (κ3) is 38.1. The van der Waals surface area contributed by atoms with Gasteiger partial charge in [-0.15, -0.1) is 0 Å². The van der Waals surface area contributed by atoms with Gasteiger partial charge in [0.25, 0.3) is 0 Å². The van der Waals surface area contributed by atoms with Crippen molar-refractivity contribution in [3.05, 3.63) is 24.3 Å². The Labute approximate surface area is 297 Å². The van der Waals surface area contributed by atoms with Crippen molar-refractivity contribution in [2.45, 2.75) is 206 Å². The molecule has 0 radical (unpaired) electrons. The Hall–Kier alpha value is -0.350. The van der Waals surface area contributed by atoms with E-state index in [1.807, 2.05) is 0 Å². The first-order valence-electron chi connectivity index (χ1n) is 20.2. The second-order valence-electron chi connectivity index (χ2n) is 15.2. The van der Waals surface area contributed by atoms with Crippen molar-refractivity contribution in [2.75, 3.05) is 40.9 Å². The molecule has 3 nitrogen and oxygen atoms in total. The number of hydrogen-bond acceptors (Lipinski definition) is 2. The molecule has 0 fully saturated rings. The number of quaternary nitrogens is 1. The van der Waals surface area contributed by atoms with Crippen LogP contribution in [-0.2, 0) is 9.47 Å². The summed E-state index contributed by atoms with van der Waals surface area (Å²) in [6, 6.07) is 0. The minimum absolute atomic E-state index is 0. The van der Waals surface area contributed by atoms with E-state index in [0.29, 0.717) is 0 Å². The number of nitrogens with zero attached hydrogens (tertiary/aromatic N) is 1. The molecule has 0 spiro atoms. The number of likely N-dealkylation sites (N-methyl/N-ethyl adjacent to an activating group) is 1. The van der Waals surface area contributed by atoms with E-state index in [0.717, 1.165) is 37.1 Å². The van der Waals surface area contributed by atoms with E-state index in [4.69, 9.17) is 9.47 Å². The molecule has 0 heterocycles. The first-order chi connectivity index (χ1) is 21.8. The molecule has 46 heavy (non-hydrogen) atoms. The largest absolute Gasteiger partial charge is 1.00 e. The molecule has 4 heteroatoms. The zero-order valence-corrected chi connectivity index (χ0v) is 33.1. The highest BCUT2D eigenvalue weighted by Crippen LogP contribution is 2.19. The molecule has 0 amide bonds. The van der Waals surface area contributed by atoms with Crippen LogP contribution in [0.4, 0.5) is 0 Å². The lowest BCUT2D eigenvalue weighted by Crippen LogP contribution is -3.00. The maximum Gasteiger partial charge on any atom is 0.215 e. The van der Waals surface area contributed by atoms with Crippen molar-refractivity contribution in [3.63, 3.8) is 0 Å². The maximum atomic E-state index is 6.40. The Morgan fingerprint density at radius 1 is 0.413 bits per heavy atom. The predicted octanol–water partition coefficient (Wildman–Crippen LogP) is 10.5. The third-order valence-corrected chi connectivity index (χ3v) is 8.89. The van der Waals surface area contributed by atoms with Crippen LogP contribution in [0.1, 0.15) is 201 Å². The summed E-state index contributed by atoms with van der Waals surface area (Å²) in [4.78, 5) is 0. The molecule has 0 N–H and O–H groups in total. The molecule has 0 bridgehead atoms. The molecule has 0 rings (SSSR count). The Kier molecular flexibility index (Phi) is 37.3. The normalized spacial score (nSPS) is 12.5. The number of halogens is 1. The van der Waals surface area contributed by atoms with Crippen molar-refractivity contribution in [1.29, 1.82) is 0 Å². The Morgan fingerprint density at radius 3 is 0.957 bits per heavy atom. The van der Waals surface area contributed by atoms with E-state index in [2.05, 4.69) is 66.2 Å². The van der Waals surface area contributed by atoms with Crippen LogP contribution in [0.3, 0.4) is 0 Å². The third-order valence-electron chi connectivity index (χ3n) is 8.89. The van der Waals surface area contributed by atoms with Crippen molar-refractivity contribution in [1.82, 2.24) is 0 Å². The molecule has 0 aromatic carbocycles. The summed E-state index contributed by atoms with van der Waals surface area (Å²) >= 11 is 0. The lowest BCUT2D eigenvalue weighted by atomic mass is 10.1. The van der Waals surface area contributed by atoms with Gasteiger partial charge in [0, 0.05) is 0 Å². The quantitative estimate of drug-likeness (QED) is 0.0286. The summed E-state index contributed by atoms with van der Waals surface area (Å²) in [7, 11) is 6.70. The molecule has 0 aromatic rings. The van der Waals surface area contributed by atoms with Crippen LogP contribution in [0, 0.1) is 0 Å². The number of ether oxygens (including phenoxy) is 2. The van der Waals surface area contributed by atoms with Crippen molar-refractivity contribution in [3.8, 4) is 0 Å². The topological polar surface area (TPSA) is 18.5 Å². The van der Waals surface area contributed by atoms with E-state index >= 15 is 0 Å². The van der Waals surface area contributed by atoms with E-state index in [-0.39, 0.29) is 12.4 Å². The Morgan fingerprint density at radius 2 is 0.674 bits per heavy atom. The SMILES string of the molecule is CCCCCCCC/C=C\CCCCCCCCOC(C)(C[N+](C)(C)C)OCCCCCCCC/C=C\CCCCCCCC.[Cl-]. The minimum atomic E-state index is -0.484. The molecule has 0 aromatic heterocycles. The van der Waals surface area contributed by atoms with Crippen LogP contribution >= 0.6 is 0 Å². The summed E-state index contributed by atoms with van der Waals surface area (Å²) in [6.45, 7) is 9.24. The fourth-order valence-corrected chi connectivity index (χ4v) is 6.27. The van der Waals surface area contributed by atoms with Gasteiger partial charge in [-0.25, -0.2) is 0 Å². The second-order valence-corrected chi connectivity index (χ2v) is 15.2. The fraction of sp³-hybridized carbons (Fsp3) is 0.905. The van der Waals surface area contributed by atoms with Crippen LogP contribution in [0.15, 0.2) is 24.3 Å². The summed E-state index contributed by atoms with van der Waals surface area (Å²) in [5, 5.41) is 0. The number of rotatable bonds is 36. The van der Waals surface area contributed by atoms with Gasteiger partial charge in [-0.05, 0) is 71.1 Å². The molecule has 0 aliphatic rings. The number of unbranched alkanes of at least 4 members (excludes halogenated alkanes) is 24. The van der Waals surface area contributed by atoms with Crippen LogP contribution in [0.2, 0.25) is 0 Å². The molecule has 0 aliphatic carbocycles. The number of hydrogen-bond donors (Lipinski definition) is 0. The molecule has 0 aliphatic heterocycles. The highest BCUT2D eigenvalue weighted by atomic mass is 35.5. The van der Waals surface area contributed by atoms with Crippen LogP contribution in [0.5, 0.6) is 0 Å². The first-order valence-corrected chi connectivity index (χ1v) is 20.2. The summed E-state index contributed by atoms with van der Waals surface area (Å²) in [5.41, 5.74) is 0. The summed E-state index contributed by atoms with van der Waals surface area (Å²) in [6.07, 6.45) is 47.1. The van der Waals surface area contributed by atoms with Crippen LogP contribution < -0.4 is 12.4 Å². The molecular formula is C42H84ClNO2. The second kappa shape index (κ2) is 35.9. The summed E-state index contributed by atoms with van der Waals surface area (Å²) in [5.74, 6) is -0.484. The summed E-state index contributed by atoms with van der Waals surface area (Å²) < 4.78 is 13.7. The lowest BCUT2D eigenvalue weighted by molar-refractivity contribution is -0.881. The van der Waals surface area contributed by atoms with Gasteiger partial charge in [0.15, 0.2) is 0 Å². The lowest BCUT2D eigenvalue weighted by Gasteiger charge is -2.36. The van der Waals surface area contributed by atoms with E-state index in [1.165, 1.54) is 167 Å². The number of allylic oxidation sites excluding steroid dienone is 4. The van der Waals surface area contributed by atoms with E-state index < -0.39 is 5.79 Å². The van der Waals surface area contributed by atoms with E-state index in [1.54, 1.807) is 0 Å². The average molecular weight is 671 g/mol. The smallest absolute Gasteiger partial charge is 0.215 e. The van der Waals surface area contributed by atoms with Gasteiger partial charge in [-0.2, -0.15) is 0 Å². The molecular weight excluding hydrogens is 586 g/mol. The Bertz CT molecular complexity index is 598. The fourth-order valence-electron chi connectivity index (χ4n) is 6.27. The van der Waals surface area contributed by atoms with Crippen molar-refractivity contribution in [2.24, 2.45) is 0 Å². The van der Waals surface area contributed by atoms with Gasteiger partial charge in [0.05, 0.1) is 34.4 Å². The van der Waals surface area contributed by atoms with Gasteiger partial charge in [0.1, 0.15) is 6.54 Å².